The molecule has 0 amide bonds. The van der Waals surface area contributed by atoms with Crippen LogP contribution in [0.1, 0.15) is 12.8 Å². The molecule has 11 heteroatoms. The van der Waals surface area contributed by atoms with Crippen molar-refractivity contribution in [3.05, 3.63) is 46.4 Å². The normalized spacial score (nSPS) is 16.4. The number of β-amino-alcohol motifs (C(OH)–C–C–N with tert-alkyl or cyclic N) is 1. The van der Waals surface area contributed by atoms with Gasteiger partial charge in [0.2, 0.25) is 10.0 Å². The second-order valence-electron chi connectivity index (χ2n) is 7.72. The van der Waals surface area contributed by atoms with Gasteiger partial charge in [0, 0.05) is 38.3 Å². The maximum absolute atomic E-state index is 12.7. The average Bonchev–Trinajstić information content (AvgIpc) is 2.81. The Kier molecular flexibility index (Phi) is 9.09. The number of sulfonamides is 1. The SMILES string of the molecule is COc1ccc(S(=O)(=O)NCC(O)CN2CCC(Oc3ccc(Cl)c(Cl)c3)CC2)c(OC)c1. The Morgan fingerprint density at radius 2 is 1.76 bits per heavy atom. The lowest BCUT2D eigenvalue weighted by molar-refractivity contribution is 0.0630. The van der Waals surface area contributed by atoms with Crippen LogP contribution in [0.25, 0.3) is 0 Å². The van der Waals surface area contributed by atoms with E-state index in [1.54, 1.807) is 18.2 Å². The zero-order valence-electron chi connectivity index (χ0n) is 18.5. The molecule has 8 nitrogen and oxygen atoms in total. The molecule has 2 N–H and O–H groups in total. The van der Waals surface area contributed by atoms with E-state index in [0.717, 1.165) is 25.9 Å². The lowest BCUT2D eigenvalue weighted by Crippen LogP contribution is -2.45. The van der Waals surface area contributed by atoms with Crippen LogP contribution in [0, 0.1) is 0 Å². The summed E-state index contributed by atoms with van der Waals surface area (Å²) in [4.78, 5) is 2.07. The third-order valence-corrected chi connectivity index (χ3v) is 7.57. The molecule has 0 spiro atoms. The number of rotatable bonds is 10. The van der Waals surface area contributed by atoms with Crippen molar-refractivity contribution in [2.45, 2.75) is 29.9 Å². The molecule has 1 aliphatic rings. The lowest BCUT2D eigenvalue weighted by atomic mass is 10.1. The minimum absolute atomic E-state index is 0.0155. The van der Waals surface area contributed by atoms with Gasteiger partial charge in [0.15, 0.2) is 0 Å². The summed E-state index contributed by atoms with van der Waals surface area (Å²) in [5.41, 5.74) is 0. The summed E-state index contributed by atoms with van der Waals surface area (Å²) in [6.45, 7) is 1.68. The standard InChI is InChI=1S/C22H28Cl2N2O6S/c1-30-17-4-6-22(21(12-17)31-2)33(28,29)25-13-15(27)14-26-9-7-16(8-10-26)32-18-3-5-19(23)20(24)11-18/h3-6,11-12,15-16,25,27H,7-10,13-14H2,1-2H3. The van der Waals surface area contributed by atoms with Crippen molar-refractivity contribution < 1.29 is 27.7 Å². The number of hydrogen-bond donors (Lipinski definition) is 2. The Bertz CT molecular complexity index is 1050. The molecule has 0 radical (unpaired) electrons. The summed E-state index contributed by atoms with van der Waals surface area (Å²) in [7, 11) is -0.991. The van der Waals surface area contributed by atoms with Crippen molar-refractivity contribution in [3.63, 3.8) is 0 Å². The summed E-state index contributed by atoms with van der Waals surface area (Å²) >= 11 is 12.0. The molecule has 1 fully saturated rings. The molecule has 0 bridgehead atoms. The summed E-state index contributed by atoms with van der Waals surface area (Å²) in [5, 5.41) is 11.3. The highest BCUT2D eigenvalue weighted by atomic mass is 35.5. The van der Waals surface area contributed by atoms with E-state index >= 15 is 0 Å². The Morgan fingerprint density at radius 1 is 1.06 bits per heavy atom. The molecule has 3 rings (SSSR count). The molecule has 0 aromatic heterocycles. The van der Waals surface area contributed by atoms with Crippen LogP contribution in [0.15, 0.2) is 41.3 Å². The molecular weight excluding hydrogens is 491 g/mol. The molecule has 0 aliphatic carbocycles. The van der Waals surface area contributed by atoms with Crippen LogP contribution < -0.4 is 18.9 Å². The molecule has 1 aliphatic heterocycles. The quantitative estimate of drug-likeness (QED) is 0.498. The van der Waals surface area contributed by atoms with Gasteiger partial charge < -0.3 is 24.2 Å². The van der Waals surface area contributed by atoms with Gasteiger partial charge in [-0.2, -0.15) is 0 Å². The molecule has 2 aromatic carbocycles. The number of hydrogen-bond acceptors (Lipinski definition) is 7. The van der Waals surface area contributed by atoms with E-state index in [0.29, 0.717) is 28.1 Å². The summed E-state index contributed by atoms with van der Waals surface area (Å²) in [5.74, 6) is 1.32. The maximum atomic E-state index is 12.7. The van der Waals surface area contributed by atoms with Crippen LogP contribution >= 0.6 is 23.2 Å². The smallest absolute Gasteiger partial charge is 0.244 e. The van der Waals surface area contributed by atoms with E-state index in [1.165, 1.54) is 32.4 Å². The topological polar surface area (TPSA) is 97.3 Å². The largest absolute Gasteiger partial charge is 0.497 e. The molecule has 182 valence electrons. The van der Waals surface area contributed by atoms with Gasteiger partial charge in [-0.1, -0.05) is 23.2 Å². The molecule has 1 saturated heterocycles. The highest BCUT2D eigenvalue weighted by molar-refractivity contribution is 7.89. The average molecular weight is 519 g/mol. The van der Waals surface area contributed by atoms with Crippen LogP contribution in [0.2, 0.25) is 10.0 Å². The van der Waals surface area contributed by atoms with E-state index in [2.05, 4.69) is 9.62 Å². The Labute approximate surface area is 204 Å². The predicted octanol–water partition coefficient (Wildman–Crippen LogP) is 3.19. The Hall–Kier alpha value is -1.75. The number of halogens is 2. The molecular formula is C22H28Cl2N2O6S. The zero-order chi connectivity index (χ0) is 24.0. The molecule has 0 saturated carbocycles. The number of piperidine rings is 1. The van der Waals surface area contributed by atoms with Crippen LogP contribution in [0.4, 0.5) is 0 Å². The highest BCUT2D eigenvalue weighted by Crippen LogP contribution is 2.29. The molecule has 33 heavy (non-hydrogen) atoms. The first-order chi connectivity index (χ1) is 15.7. The van der Waals surface area contributed by atoms with Gasteiger partial charge in [-0.05, 0) is 37.1 Å². The minimum Gasteiger partial charge on any atom is -0.497 e. The van der Waals surface area contributed by atoms with E-state index in [-0.39, 0.29) is 23.3 Å². The first kappa shape index (κ1) is 25.9. The number of nitrogens with zero attached hydrogens (tertiary/aromatic N) is 1. The van der Waals surface area contributed by atoms with Gasteiger partial charge in [-0.15, -0.1) is 0 Å². The fourth-order valence-electron chi connectivity index (χ4n) is 3.60. The van der Waals surface area contributed by atoms with Gasteiger partial charge in [0.25, 0.3) is 0 Å². The van der Waals surface area contributed by atoms with Crippen LogP contribution in [-0.4, -0.2) is 71.0 Å². The summed E-state index contributed by atoms with van der Waals surface area (Å²) in [6.07, 6.45) is 0.733. The fraction of sp³-hybridized carbons (Fsp3) is 0.455. The van der Waals surface area contributed by atoms with Gasteiger partial charge in [0.05, 0.1) is 30.4 Å². The van der Waals surface area contributed by atoms with E-state index in [1.807, 2.05) is 0 Å². The highest BCUT2D eigenvalue weighted by Gasteiger charge is 2.25. The van der Waals surface area contributed by atoms with Crippen LogP contribution in [0.5, 0.6) is 17.2 Å². The van der Waals surface area contributed by atoms with Crippen molar-refractivity contribution in [1.29, 1.82) is 0 Å². The summed E-state index contributed by atoms with van der Waals surface area (Å²) in [6, 6.07) is 9.63. The second kappa shape index (κ2) is 11.6. The van der Waals surface area contributed by atoms with Gasteiger partial charge in [-0.3, -0.25) is 0 Å². The lowest BCUT2D eigenvalue weighted by Gasteiger charge is -2.33. The monoisotopic (exact) mass is 518 g/mol. The van der Waals surface area contributed by atoms with Crippen molar-refractivity contribution in [2.75, 3.05) is 40.4 Å². The number of aliphatic hydroxyl groups excluding tert-OH is 1. The molecule has 1 heterocycles. The number of benzene rings is 2. The second-order valence-corrected chi connectivity index (χ2v) is 10.3. The third kappa shape index (κ3) is 7.11. The predicted molar refractivity (Wildman–Crippen MR) is 127 cm³/mol. The molecule has 2 aromatic rings. The zero-order valence-corrected chi connectivity index (χ0v) is 20.8. The minimum atomic E-state index is -3.86. The fourth-order valence-corrected chi connectivity index (χ4v) is 5.11. The number of aliphatic hydroxyl groups is 1. The van der Waals surface area contributed by atoms with Gasteiger partial charge in [-0.25, -0.2) is 13.1 Å². The first-order valence-electron chi connectivity index (χ1n) is 10.5. The van der Waals surface area contributed by atoms with Gasteiger partial charge >= 0.3 is 0 Å². The number of methoxy groups -OCH3 is 2. The van der Waals surface area contributed by atoms with E-state index in [4.69, 9.17) is 37.4 Å². The first-order valence-corrected chi connectivity index (χ1v) is 12.7. The Balaban J connectivity index is 1.46. The van der Waals surface area contributed by atoms with Crippen LogP contribution in [-0.2, 0) is 10.0 Å². The third-order valence-electron chi connectivity index (χ3n) is 5.37. The maximum Gasteiger partial charge on any atom is 0.244 e. The molecule has 1 unspecified atom stereocenters. The van der Waals surface area contributed by atoms with Crippen molar-refractivity contribution in [3.8, 4) is 17.2 Å². The Morgan fingerprint density at radius 3 is 2.39 bits per heavy atom. The van der Waals surface area contributed by atoms with E-state index < -0.39 is 16.1 Å². The number of likely N-dealkylation sites (tertiary alicyclic amines) is 1. The van der Waals surface area contributed by atoms with Crippen LogP contribution in [0.3, 0.4) is 0 Å². The summed E-state index contributed by atoms with van der Waals surface area (Å²) < 4.78 is 44.1. The molecule has 1 atom stereocenters. The van der Waals surface area contributed by atoms with Crippen molar-refractivity contribution >= 4 is 33.2 Å². The number of ether oxygens (including phenoxy) is 3. The van der Waals surface area contributed by atoms with Crippen molar-refractivity contribution in [1.82, 2.24) is 9.62 Å². The van der Waals surface area contributed by atoms with Gasteiger partial charge in [0.1, 0.15) is 28.2 Å². The number of nitrogens with one attached hydrogen (secondary N) is 1. The van der Waals surface area contributed by atoms with E-state index in [9.17, 15) is 13.5 Å². The van der Waals surface area contributed by atoms with Crippen molar-refractivity contribution in [2.24, 2.45) is 0 Å².